The van der Waals surface area contributed by atoms with Gasteiger partial charge in [-0.25, -0.2) is 8.42 Å². The van der Waals surface area contributed by atoms with Crippen molar-refractivity contribution in [3.05, 3.63) is 54.1 Å². The van der Waals surface area contributed by atoms with Crippen LogP contribution in [0.25, 0.3) is 0 Å². The van der Waals surface area contributed by atoms with Crippen LogP contribution in [0.5, 0.6) is 5.75 Å². The first-order chi connectivity index (χ1) is 14.2. The Kier molecular flexibility index (Phi) is 6.99. The van der Waals surface area contributed by atoms with Gasteiger partial charge in [-0.1, -0.05) is 18.2 Å². The summed E-state index contributed by atoms with van der Waals surface area (Å²) in [7, 11) is -1.50. The monoisotopic (exact) mass is 431 g/mol. The number of amides is 1. The minimum Gasteiger partial charge on any atom is -0.490 e. The van der Waals surface area contributed by atoms with Gasteiger partial charge in [-0.3, -0.25) is 9.10 Å². The Morgan fingerprint density at radius 2 is 1.77 bits per heavy atom. The van der Waals surface area contributed by atoms with Crippen molar-refractivity contribution >= 4 is 27.3 Å². The molecule has 0 spiro atoms. The number of nitrogens with one attached hydrogen (secondary N) is 1. The minimum atomic E-state index is -3.61. The maximum Gasteiger partial charge on any atom is 0.245 e. The molecule has 3 rings (SSSR count). The second-order valence-corrected chi connectivity index (χ2v) is 9.66. The van der Waals surface area contributed by atoms with E-state index in [-0.39, 0.29) is 12.6 Å². The molecular formula is C22H29N3O4S. The Morgan fingerprint density at radius 1 is 1.13 bits per heavy atom. The number of carbonyl (C=O) groups excluding carboxylic acids is 1. The number of carbonyl (C=O) groups is 1. The number of sulfonamides is 1. The Labute approximate surface area is 178 Å². The van der Waals surface area contributed by atoms with Gasteiger partial charge in [-0.2, -0.15) is 0 Å². The van der Waals surface area contributed by atoms with Crippen LogP contribution in [0.15, 0.2) is 48.5 Å². The molecule has 0 saturated carbocycles. The third kappa shape index (κ3) is 5.96. The zero-order valence-corrected chi connectivity index (χ0v) is 18.5. The SMILES string of the molecule is Cc1ccccc1N(CC(=O)Nc1ccc(OC2CCN(C)CC2)cc1)S(C)(=O)=O. The van der Waals surface area contributed by atoms with Crippen molar-refractivity contribution < 1.29 is 17.9 Å². The van der Waals surface area contributed by atoms with Gasteiger partial charge in [-0.05, 0) is 62.7 Å². The number of hydrogen-bond acceptors (Lipinski definition) is 5. The van der Waals surface area contributed by atoms with Crippen LogP contribution < -0.4 is 14.4 Å². The smallest absolute Gasteiger partial charge is 0.245 e. The Hall–Kier alpha value is -2.58. The molecule has 0 unspecified atom stereocenters. The molecule has 2 aromatic rings. The van der Waals surface area contributed by atoms with Crippen molar-refractivity contribution in [3.8, 4) is 5.75 Å². The summed E-state index contributed by atoms with van der Waals surface area (Å²) in [5.41, 5.74) is 1.87. The molecule has 0 aromatic heterocycles. The first-order valence-corrected chi connectivity index (χ1v) is 11.9. The Morgan fingerprint density at radius 3 is 2.37 bits per heavy atom. The number of nitrogens with zero attached hydrogens (tertiary/aromatic N) is 2. The van der Waals surface area contributed by atoms with Crippen LogP contribution in [0.3, 0.4) is 0 Å². The summed E-state index contributed by atoms with van der Waals surface area (Å²) >= 11 is 0. The highest BCUT2D eigenvalue weighted by molar-refractivity contribution is 7.92. The van der Waals surface area contributed by atoms with E-state index in [1.807, 2.05) is 31.2 Å². The highest BCUT2D eigenvalue weighted by Crippen LogP contribution is 2.23. The third-order valence-corrected chi connectivity index (χ3v) is 6.30. The van der Waals surface area contributed by atoms with E-state index in [0.29, 0.717) is 11.4 Å². The van der Waals surface area contributed by atoms with Crippen LogP contribution in [0, 0.1) is 6.92 Å². The summed E-state index contributed by atoms with van der Waals surface area (Å²) < 4.78 is 31.6. The highest BCUT2D eigenvalue weighted by Gasteiger charge is 2.22. The molecule has 1 aliphatic heterocycles. The Balaban J connectivity index is 1.61. The predicted octanol–water partition coefficient (Wildman–Crippen LogP) is 2.87. The maximum atomic E-state index is 12.5. The lowest BCUT2D eigenvalue weighted by Gasteiger charge is -2.29. The fourth-order valence-corrected chi connectivity index (χ4v) is 4.38. The summed E-state index contributed by atoms with van der Waals surface area (Å²) in [6.07, 6.45) is 3.30. The molecule has 1 aliphatic rings. The molecule has 1 fully saturated rings. The molecule has 2 aromatic carbocycles. The zero-order valence-electron chi connectivity index (χ0n) is 17.7. The molecule has 162 valence electrons. The van der Waals surface area contributed by atoms with E-state index in [9.17, 15) is 13.2 Å². The third-order valence-electron chi connectivity index (χ3n) is 5.18. The molecule has 0 atom stereocenters. The Bertz CT molecular complexity index is 968. The molecule has 0 bridgehead atoms. The molecule has 1 amide bonds. The summed E-state index contributed by atoms with van der Waals surface area (Å²) in [6, 6.07) is 14.3. The van der Waals surface area contributed by atoms with Gasteiger partial charge < -0.3 is 15.0 Å². The summed E-state index contributed by atoms with van der Waals surface area (Å²) in [5, 5.41) is 2.76. The highest BCUT2D eigenvalue weighted by atomic mass is 32.2. The molecule has 7 nitrogen and oxygen atoms in total. The normalized spacial score (nSPS) is 15.6. The summed E-state index contributed by atoms with van der Waals surface area (Å²) in [6.45, 7) is 3.57. The molecule has 0 aliphatic carbocycles. The van der Waals surface area contributed by atoms with Crippen LogP contribution in [-0.4, -0.2) is 58.3 Å². The van der Waals surface area contributed by atoms with Crippen molar-refractivity contribution in [1.82, 2.24) is 4.90 Å². The van der Waals surface area contributed by atoms with Gasteiger partial charge in [-0.15, -0.1) is 0 Å². The first kappa shape index (κ1) is 22.1. The molecule has 30 heavy (non-hydrogen) atoms. The first-order valence-electron chi connectivity index (χ1n) is 10.0. The van der Waals surface area contributed by atoms with Crippen molar-refractivity contribution in [2.45, 2.75) is 25.9 Å². The van der Waals surface area contributed by atoms with Gasteiger partial charge in [0, 0.05) is 18.8 Å². The van der Waals surface area contributed by atoms with Crippen LogP contribution in [0.1, 0.15) is 18.4 Å². The largest absolute Gasteiger partial charge is 0.490 e. The molecule has 8 heteroatoms. The van der Waals surface area contributed by atoms with Crippen LogP contribution >= 0.6 is 0 Å². The quantitative estimate of drug-likeness (QED) is 0.729. The maximum absolute atomic E-state index is 12.5. The van der Waals surface area contributed by atoms with Gasteiger partial charge in [0.05, 0.1) is 11.9 Å². The van der Waals surface area contributed by atoms with E-state index in [2.05, 4.69) is 17.3 Å². The zero-order chi connectivity index (χ0) is 21.7. The van der Waals surface area contributed by atoms with Crippen molar-refractivity contribution in [3.63, 3.8) is 0 Å². The lowest BCUT2D eigenvalue weighted by Crippen LogP contribution is -2.37. The fraction of sp³-hybridized carbons (Fsp3) is 0.409. The van der Waals surface area contributed by atoms with E-state index in [0.717, 1.165) is 47.8 Å². The predicted molar refractivity (Wildman–Crippen MR) is 120 cm³/mol. The van der Waals surface area contributed by atoms with Crippen molar-refractivity contribution in [1.29, 1.82) is 0 Å². The van der Waals surface area contributed by atoms with Crippen LogP contribution in [0.2, 0.25) is 0 Å². The topological polar surface area (TPSA) is 79.0 Å². The number of likely N-dealkylation sites (tertiary alicyclic amines) is 1. The average molecular weight is 432 g/mol. The summed E-state index contributed by atoms with van der Waals surface area (Å²) in [5.74, 6) is 0.355. The van der Waals surface area contributed by atoms with E-state index in [4.69, 9.17) is 4.74 Å². The van der Waals surface area contributed by atoms with Crippen LogP contribution in [0.4, 0.5) is 11.4 Å². The van der Waals surface area contributed by atoms with Gasteiger partial charge in [0.25, 0.3) is 0 Å². The van der Waals surface area contributed by atoms with Crippen molar-refractivity contribution in [2.24, 2.45) is 0 Å². The standard InChI is InChI=1S/C22H29N3O4S/c1-17-6-4-5-7-21(17)25(30(3,27)28)16-22(26)23-18-8-10-19(11-9-18)29-20-12-14-24(2)15-13-20/h4-11,20H,12-16H2,1-3H3,(H,23,26). The number of aryl methyl sites for hydroxylation is 1. The van der Waals surface area contributed by atoms with Gasteiger partial charge >= 0.3 is 0 Å². The second kappa shape index (κ2) is 9.49. The number of piperidine rings is 1. The fourth-order valence-electron chi connectivity index (χ4n) is 3.47. The van der Waals surface area contributed by atoms with E-state index < -0.39 is 15.9 Å². The summed E-state index contributed by atoms with van der Waals surface area (Å²) in [4.78, 5) is 14.8. The molecular weight excluding hydrogens is 402 g/mol. The lowest BCUT2D eigenvalue weighted by molar-refractivity contribution is -0.114. The second-order valence-electron chi connectivity index (χ2n) is 7.75. The molecule has 1 N–H and O–H groups in total. The number of hydrogen-bond donors (Lipinski definition) is 1. The lowest BCUT2D eigenvalue weighted by atomic mass is 10.1. The van der Waals surface area contributed by atoms with E-state index in [1.54, 1.807) is 24.3 Å². The number of benzene rings is 2. The van der Waals surface area contributed by atoms with Crippen molar-refractivity contribution in [2.75, 3.05) is 42.6 Å². The van der Waals surface area contributed by atoms with E-state index >= 15 is 0 Å². The van der Waals surface area contributed by atoms with Gasteiger partial charge in [0.15, 0.2) is 0 Å². The minimum absolute atomic E-state index is 0.207. The number of rotatable bonds is 7. The number of para-hydroxylation sites is 1. The van der Waals surface area contributed by atoms with Gasteiger partial charge in [0.2, 0.25) is 15.9 Å². The molecule has 1 heterocycles. The average Bonchev–Trinajstić information content (AvgIpc) is 2.69. The van der Waals surface area contributed by atoms with Crippen LogP contribution in [-0.2, 0) is 14.8 Å². The van der Waals surface area contributed by atoms with Gasteiger partial charge in [0.1, 0.15) is 18.4 Å². The number of anilines is 2. The van der Waals surface area contributed by atoms with E-state index in [1.165, 1.54) is 0 Å². The number of ether oxygens (including phenoxy) is 1. The molecule has 1 saturated heterocycles. The molecule has 0 radical (unpaired) electrons.